The minimum atomic E-state index is -0.0829. The molecule has 26 heavy (non-hydrogen) atoms. The summed E-state index contributed by atoms with van der Waals surface area (Å²) in [6.45, 7) is 1.14. The van der Waals surface area contributed by atoms with Gasteiger partial charge < -0.3 is 24.3 Å². The molecule has 134 valence electrons. The van der Waals surface area contributed by atoms with Crippen molar-refractivity contribution in [3.63, 3.8) is 0 Å². The van der Waals surface area contributed by atoms with E-state index in [0.29, 0.717) is 18.2 Å². The molecule has 0 bridgehead atoms. The quantitative estimate of drug-likeness (QED) is 0.652. The second-order valence-corrected chi connectivity index (χ2v) is 6.57. The van der Waals surface area contributed by atoms with Crippen molar-refractivity contribution in [2.24, 2.45) is 0 Å². The molecule has 0 aliphatic carbocycles. The maximum absolute atomic E-state index is 9.53. The first kappa shape index (κ1) is 16.8. The molecular formula is C19H20N4O2S. The van der Waals surface area contributed by atoms with Crippen molar-refractivity contribution in [2.75, 3.05) is 13.2 Å². The molecule has 2 atom stereocenters. The van der Waals surface area contributed by atoms with Gasteiger partial charge in [0.25, 0.3) is 0 Å². The van der Waals surface area contributed by atoms with Gasteiger partial charge in [-0.15, -0.1) is 0 Å². The van der Waals surface area contributed by atoms with Crippen LogP contribution in [0.1, 0.15) is 29.2 Å². The zero-order valence-corrected chi connectivity index (χ0v) is 15.0. The molecule has 0 amide bonds. The maximum atomic E-state index is 9.53. The SMILES string of the molecule is OCCN1C(=S)N[C@H](c2ccccn2)[C@@H]1c1cccn1Cc1ccco1. The molecule has 0 saturated carbocycles. The molecule has 1 saturated heterocycles. The summed E-state index contributed by atoms with van der Waals surface area (Å²) < 4.78 is 7.66. The predicted octanol–water partition coefficient (Wildman–Crippen LogP) is 2.49. The Kier molecular flexibility index (Phi) is 4.73. The lowest BCUT2D eigenvalue weighted by Crippen LogP contribution is -2.33. The van der Waals surface area contributed by atoms with Crippen molar-refractivity contribution in [2.45, 2.75) is 18.6 Å². The molecule has 6 nitrogen and oxygen atoms in total. The van der Waals surface area contributed by atoms with Crippen LogP contribution in [0.3, 0.4) is 0 Å². The van der Waals surface area contributed by atoms with Crippen LogP contribution in [0.4, 0.5) is 0 Å². The largest absolute Gasteiger partial charge is 0.467 e. The molecule has 3 aromatic heterocycles. The molecular weight excluding hydrogens is 348 g/mol. The maximum Gasteiger partial charge on any atom is 0.170 e. The molecule has 4 heterocycles. The summed E-state index contributed by atoms with van der Waals surface area (Å²) in [4.78, 5) is 6.55. The Bertz CT molecular complexity index is 863. The van der Waals surface area contributed by atoms with Crippen LogP contribution in [0.2, 0.25) is 0 Å². The molecule has 2 N–H and O–H groups in total. The van der Waals surface area contributed by atoms with E-state index in [4.69, 9.17) is 16.6 Å². The third-order valence-corrected chi connectivity index (χ3v) is 4.96. The summed E-state index contributed by atoms with van der Waals surface area (Å²) in [7, 11) is 0. The summed E-state index contributed by atoms with van der Waals surface area (Å²) in [6, 6.07) is 13.7. The fraction of sp³-hybridized carbons (Fsp3) is 0.263. The number of pyridine rings is 1. The van der Waals surface area contributed by atoms with Gasteiger partial charge in [-0.05, 0) is 48.6 Å². The fourth-order valence-electron chi connectivity index (χ4n) is 3.49. The number of β-amino-alcohol motifs (C(OH)–C–C–N with tert-alkyl or cyclic N) is 1. The zero-order chi connectivity index (χ0) is 17.9. The van der Waals surface area contributed by atoms with Gasteiger partial charge >= 0.3 is 0 Å². The average Bonchev–Trinajstić information content (AvgIpc) is 3.39. The van der Waals surface area contributed by atoms with Crippen molar-refractivity contribution >= 4 is 17.3 Å². The van der Waals surface area contributed by atoms with E-state index in [1.807, 2.05) is 47.5 Å². The topological polar surface area (TPSA) is 66.5 Å². The highest BCUT2D eigenvalue weighted by atomic mass is 32.1. The summed E-state index contributed by atoms with van der Waals surface area (Å²) in [6.07, 6.45) is 5.50. The molecule has 0 aromatic carbocycles. The molecule has 4 rings (SSSR count). The molecule has 1 fully saturated rings. The second-order valence-electron chi connectivity index (χ2n) is 6.18. The third kappa shape index (κ3) is 3.11. The Morgan fingerprint density at radius 2 is 2.12 bits per heavy atom. The van der Waals surface area contributed by atoms with Gasteiger partial charge in [-0.3, -0.25) is 4.98 Å². The van der Waals surface area contributed by atoms with Crippen LogP contribution in [0.5, 0.6) is 0 Å². The Hall–Kier alpha value is -2.64. The monoisotopic (exact) mass is 368 g/mol. The van der Waals surface area contributed by atoms with Crippen LogP contribution in [0, 0.1) is 0 Å². The molecule has 0 radical (unpaired) electrons. The molecule has 0 spiro atoms. The van der Waals surface area contributed by atoms with E-state index in [0.717, 1.165) is 17.1 Å². The summed E-state index contributed by atoms with van der Waals surface area (Å²) >= 11 is 5.54. The number of aliphatic hydroxyl groups excluding tert-OH is 1. The third-order valence-electron chi connectivity index (χ3n) is 4.61. The van der Waals surface area contributed by atoms with E-state index in [2.05, 4.69) is 20.9 Å². The Labute approximate surface area is 157 Å². The molecule has 1 aliphatic rings. The number of thiocarbonyl (C=S) groups is 1. The number of nitrogens with one attached hydrogen (secondary N) is 1. The van der Waals surface area contributed by atoms with E-state index in [1.54, 1.807) is 12.5 Å². The molecule has 3 aromatic rings. The van der Waals surface area contributed by atoms with Crippen LogP contribution in [0.15, 0.2) is 65.5 Å². The normalized spacial score (nSPS) is 19.7. The van der Waals surface area contributed by atoms with Crippen molar-refractivity contribution in [3.8, 4) is 0 Å². The number of furan rings is 1. The molecule has 0 unspecified atom stereocenters. The van der Waals surface area contributed by atoms with E-state index in [1.165, 1.54) is 0 Å². The number of hydrogen-bond donors (Lipinski definition) is 2. The van der Waals surface area contributed by atoms with Crippen LogP contribution < -0.4 is 5.32 Å². The van der Waals surface area contributed by atoms with Gasteiger partial charge in [0, 0.05) is 24.6 Å². The lowest BCUT2D eigenvalue weighted by molar-refractivity contribution is 0.218. The van der Waals surface area contributed by atoms with Gasteiger partial charge in [0.15, 0.2) is 5.11 Å². The zero-order valence-electron chi connectivity index (χ0n) is 14.2. The fourth-order valence-corrected chi connectivity index (χ4v) is 3.82. The van der Waals surface area contributed by atoms with Crippen molar-refractivity contribution in [1.29, 1.82) is 0 Å². The first-order valence-electron chi connectivity index (χ1n) is 8.54. The first-order valence-corrected chi connectivity index (χ1v) is 8.95. The van der Waals surface area contributed by atoms with Gasteiger partial charge in [-0.25, -0.2) is 0 Å². The lowest BCUT2D eigenvalue weighted by Gasteiger charge is -2.28. The number of nitrogens with zero attached hydrogens (tertiary/aromatic N) is 3. The Balaban J connectivity index is 1.73. The lowest BCUT2D eigenvalue weighted by atomic mass is 10.0. The smallest absolute Gasteiger partial charge is 0.170 e. The van der Waals surface area contributed by atoms with Crippen LogP contribution in [-0.4, -0.2) is 37.8 Å². The van der Waals surface area contributed by atoms with E-state index in [-0.39, 0.29) is 18.7 Å². The average molecular weight is 368 g/mol. The standard InChI is InChI=1S/C19H20N4O2S/c24-11-10-23-18(17(21-19(23)26)15-6-1-2-8-20-15)16-7-3-9-22(16)13-14-5-4-12-25-14/h1-9,12,17-18,24H,10-11,13H2,(H,21,26)/t17-,18+/m1/s1. The van der Waals surface area contributed by atoms with Crippen molar-refractivity contribution in [3.05, 3.63) is 78.3 Å². The number of aromatic nitrogens is 2. The van der Waals surface area contributed by atoms with Gasteiger partial charge in [-0.1, -0.05) is 6.07 Å². The highest BCUT2D eigenvalue weighted by Crippen LogP contribution is 2.38. The minimum absolute atomic E-state index is 0.0339. The van der Waals surface area contributed by atoms with Crippen LogP contribution >= 0.6 is 12.2 Å². The Morgan fingerprint density at radius 3 is 2.85 bits per heavy atom. The van der Waals surface area contributed by atoms with Crippen molar-refractivity contribution < 1.29 is 9.52 Å². The Morgan fingerprint density at radius 1 is 1.19 bits per heavy atom. The number of rotatable bonds is 6. The van der Waals surface area contributed by atoms with E-state index < -0.39 is 0 Å². The summed E-state index contributed by atoms with van der Waals surface area (Å²) in [5.41, 5.74) is 2.02. The van der Waals surface area contributed by atoms with E-state index >= 15 is 0 Å². The van der Waals surface area contributed by atoms with Gasteiger partial charge in [0.1, 0.15) is 5.76 Å². The van der Waals surface area contributed by atoms with E-state index in [9.17, 15) is 5.11 Å². The summed E-state index contributed by atoms with van der Waals surface area (Å²) in [5.74, 6) is 0.888. The van der Waals surface area contributed by atoms with Crippen LogP contribution in [0.25, 0.3) is 0 Å². The van der Waals surface area contributed by atoms with Crippen LogP contribution in [-0.2, 0) is 6.54 Å². The molecule has 7 heteroatoms. The first-order chi connectivity index (χ1) is 12.8. The van der Waals surface area contributed by atoms with Crippen molar-refractivity contribution in [1.82, 2.24) is 19.8 Å². The van der Waals surface area contributed by atoms with Gasteiger partial charge in [0.2, 0.25) is 0 Å². The van der Waals surface area contributed by atoms with Gasteiger partial charge in [-0.2, -0.15) is 0 Å². The predicted molar refractivity (Wildman–Crippen MR) is 101 cm³/mol. The summed E-state index contributed by atoms with van der Waals surface area (Å²) in [5, 5.41) is 13.5. The minimum Gasteiger partial charge on any atom is -0.467 e. The number of aliphatic hydroxyl groups is 1. The molecule has 1 aliphatic heterocycles. The number of hydrogen-bond acceptors (Lipinski definition) is 4. The van der Waals surface area contributed by atoms with Gasteiger partial charge in [0.05, 0.1) is 37.2 Å². The highest BCUT2D eigenvalue weighted by Gasteiger charge is 2.40. The highest BCUT2D eigenvalue weighted by molar-refractivity contribution is 7.80. The second kappa shape index (κ2) is 7.31.